The van der Waals surface area contributed by atoms with Crippen molar-refractivity contribution in [3.63, 3.8) is 0 Å². The number of nitrogens with two attached hydrogens (primary N) is 2. The number of rotatable bonds is 4. The summed E-state index contributed by atoms with van der Waals surface area (Å²) in [6, 6.07) is 1.37. The van der Waals surface area contributed by atoms with Crippen LogP contribution in [0.5, 0.6) is 0 Å². The van der Waals surface area contributed by atoms with Crippen LogP contribution in [0.4, 0.5) is 11.4 Å². The topological polar surface area (TPSA) is 89.3 Å². The molecule has 16 heavy (non-hydrogen) atoms. The Hall–Kier alpha value is -1.42. The molecule has 1 aromatic carbocycles. The lowest BCUT2D eigenvalue weighted by molar-refractivity contribution is 0.0696. The number of benzene rings is 1. The molecule has 0 spiro atoms. The number of halogens is 1. The van der Waals surface area contributed by atoms with Gasteiger partial charge < -0.3 is 16.6 Å². The monoisotopic (exact) mass is 242 g/mol. The third-order valence-corrected chi connectivity index (χ3v) is 2.87. The molecule has 5 heteroatoms. The van der Waals surface area contributed by atoms with Crippen LogP contribution in [0.1, 0.15) is 35.7 Å². The van der Waals surface area contributed by atoms with Gasteiger partial charge in [-0.3, -0.25) is 0 Å². The average Bonchev–Trinajstić information content (AvgIpc) is 2.24. The summed E-state index contributed by atoms with van der Waals surface area (Å²) in [4.78, 5) is 11.0. The first kappa shape index (κ1) is 12.6. The highest BCUT2D eigenvalue weighted by atomic mass is 35.5. The smallest absolute Gasteiger partial charge is 0.336 e. The van der Waals surface area contributed by atoms with Crippen molar-refractivity contribution >= 4 is 28.9 Å². The molecule has 88 valence electrons. The molecule has 0 aromatic heterocycles. The van der Waals surface area contributed by atoms with E-state index in [1.54, 1.807) is 0 Å². The molecular formula is C11H15ClN2O2. The number of unbranched alkanes of at least 4 members (excludes halogenated alkanes) is 1. The van der Waals surface area contributed by atoms with Gasteiger partial charge in [-0.2, -0.15) is 0 Å². The largest absolute Gasteiger partial charge is 0.478 e. The van der Waals surface area contributed by atoms with Gasteiger partial charge in [-0.15, -0.1) is 0 Å². The predicted molar refractivity (Wildman–Crippen MR) is 65.8 cm³/mol. The van der Waals surface area contributed by atoms with E-state index < -0.39 is 5.97 Å². The molecule has 0 radical (unpaired) electrons. The van der Waals surface area contributed by atoms with Crippen LogP contribution in [-0.2, 0) is 6.42 Å². The summed E-state index contributed by atoms with van der Waals surface area (Å²) in [5, 5.41) is 9.30. The van der Waals surface area contributed by atoms with Gasteiger partial charge >= 0.3 is 5.97 Å². The molecule has 0 saturated heterocycles. The zero-order valence-electron chi connectivity index (χ0n) is 9.09. The summed E-state index contributed by atoms with van der Waals surface area (Å²) in [5.74, 6) is -1.03. The molecule has 0 saturated carbocycles. The molecule has 0 atom stereocenters. The fourth-order valence-corrected chi connectivity index (χ4v) is 1.72. The van der Waals surface area contributed by atoms with Gasteiger partial charge in [-0.25, -0.2) is 4.79 Å². The number of anilines is 2. The maximum atomic E-state index is 11.0. The second-order valence-electron chi connectivity index (χ2n) is 3.63. The van der Waals surface area contributed by atoms with Gasteiger partial charge in [0.2, 0.25) is 0 Å². The normalized spacial score (nSPS) is 10.4. The van der Waals surface area contributed by atoms with Crippen molar-refractivity contribution < 1.29 is 9.90 Å². The molecule has 0 amide bonds. The fourth-order valence-electron chi connectivity index (χ4n) is 1.55. The maximum Gasteiger partial charge on any atom is 0.336 e. The summed E-state index contributed by atoms with van der Waals surface area (Å²) in [5.41, 5.74) is 12.6. The van der Waals surface area contributed by atoms with Crippen LogP contribution >= 0.6 is 11.6 Å². The SMILES string of the molecule is CCCCc1c(C(=O)O)cc(N)c(Cl)c1N. The quantitative estimate of drug-likeness (QED) is 0.708. The first-order chi connectivity index (χ1) is 7.49. The first-order valence-electron chi connectivity index (χ1n) is 5.08. The molecule has 0 unspecified atom stereocenters. The van der Waals surface area contributed by atoms with Crippen molar-refractivity contribution in [2.75, 3.05) is 11.5 Å². The van der Waals surface area contributed by atoms with Gasteiger partial charge in [0.15, 0.2) is 0 Å². The van der Waals surface area contributed by atoms with Gasteiger partial charge in [0, 0.05) is 0 Å². The standard InChI is InChI=1S/C11H15ClN2O2/c1-2-3-4-6-7(11(15)16)5-8(13)9(12)10(6)14/h5H,2-4,13-14H2,1H3,(H,15,16). The van der Waals surface area contributed by atoms with Crippen molar-refractivity contribution in [2.24, 2.45) is 0 Å². The lowest BCUT2D eigenvalue weighted by Crippen LogP contribution is -2.08. The van der Waals surface area contributed by atoms with E-state index in [1.165, 1.54) is 6.07 Å². The van der Waals surface area contributed by atoms with Crippen molar-refractivity contribution in [1.29, 1.82) is 0 Å². The van der Waals surface area contributed by atoms with E-state index in [0.717, 1.165) is 12.8 Å². The number of carboxylic acid groups (broad SMARTS) is 1. The number of hydrogen-bond donors (Lipinski definition) is 3. The Morgan fingerprint density at radius 3 is 2.62 bits per heavy atom. The summed E-state index contributed by atoms with van der Waals surface area (Å²) in [6.45, 7) is 2.02. The van der Waals surface area contributed by atoms with Crippen molar-refractivity contribution in [1.82, 2.24) is 0 Å². The Balaban J connectivity index is 3.30. The summed E-state index contributed by atoms with van der Waals surface area (Å²) in [6.07, 6.45) is 2.43. The Bertz CT molecular complexity index is 419. The molecule has 0 bridgehead atoms. The van der Waals surface area contributed by atoms with Gasteiger partial charge in [0.05, 0.1) is 22.0 Å². The minimum Gasteiger partial charge on any atom is -0.478 e. The molecule has 5 N–H and O–H groups in total. The zero-order valence-corrected chi connectivity index (χ0v) is 9.84. The molecule has 0 heterocycles. The van der Waals surface area contributed by atoms with Crippen LogP contribution in [0, 0.1) is 0 Å². The van der Waals surface area contributed by atoms with Gasteiger partial charge in [-0.05, 0) is 24.5 Å². The number of nitrogen functional groups attached to an aromatic ring is 2. The molecule has 0 fully saturated rings. The van der Waals surface area contributed by atoms with Crippen LogP contribution in [0.3, 0.4) is 0 Å². The second-order valence-corrected chi connectivity index (χ2v) is 4.01. The Morgan fingerprint density at radius 2 is 2.12 bits per heavy atom. The summed E-state index contributed by atoms with van der Waals surface area (Å²) >= 11 is 5.90. The Morgan fingerprint density at radius 1 is 1.50 bits per heavy atom. The molecule has 4 nitrogen and oxygen atoms in total. The zero-order chi connectivity index (χ0) is 12.3. The highest BCUT2D eigenvalue weighted by Crippen LogP contribution is 2.33. The van der Waals surface area contributed by atoms with E-state index in [1.807, 2.05) is 6.92 Å². The van der Waals surface area contributed by atoms with Crippen molar-refractivity contribution in [3.05, 3.63) is 22.2 Å². The average molecular weight is 243 g/mol. The van der Waals surface area contributed by atoms with Crippen LogP contribution in [0.25, 0.3) is 0 Å². The van der Waals surface area contributed by atoms with E-state index in [0.29, 0.717) is 12.0 Å². The van der Waals surface area contributed by atoms with Gasteiger partial charge in [0.1, 0.15) is 0 Å². The van der Waals surface area contributed by atoms with E-state index in [-0.39, 0.29) is 22.0 Å². The van der Waals surface area contributed by atoms with Crippen molar-refractivity contribution in [2.45, 2.75) is 26.2 Å². The molecular weight excluding hydrogens is 228 g/mol. The Kier molecular flexibility index (Phi) is 4.01. The van der Waals surface area contributed by atoms with E-state index in [2.05, 4.69) is 0 Å². The highest BCUT2D eigenvalue weighted by Gasteiger charge is 2.17. The number of hydrogen-bond acceptors (Lipinski definition) is 3. The fraction of sp³-hybridized carbons (Fsp3) is 0.364. The maximum absolute atomic E-state index is 11.0. The Labute approximate surface area is 99.2 Å². The molecule has 0 aliphatic heterocycles. The molecule has 1 rings (SSSR count). The number of carbonyl (C=O) groups is 1. The predicted octanol–water partition coefficient (Wildman–Crippen LogP) is 2.55. The van der Waals surface area contributed by atoms with Crippen LogP contribution in [0.15, 0.2) is 6.07 Å². The van der Waals surface area contributed by atoms with E-state index in [4.69, 9.17) is 28.2 Å². The van der Waals surface area contributed by atoms with E-state index in [9.17, 15) is 4.79 Å². The van der Waals surface area contributed by atoms with E-state index >= 15 is 0 Å². The molecule has 0 aliphatic rings. The number of aromatic carboxylic acids is 1. The summed E-state index contributed by atoms with van der Waals surface area (Å²) in [7, 11) is 0. The molecule has 1 aromatic rings. The van der Waals surface area contributed by atoms with Crippen LogP contribution in [-0.4, -0.2) is 11.1 Å². The summed E-state index contributed by atoms with van der Waals surface area (Å²) < 4.78 is 0. The lowest BCUT2D eigenvalue weighted by atomic mass is 9.99. The second kappa shape index (κ2) is 5.07. The highest BCUT2D eigenvalue weighted by molar-refractivity contribution is 6.36. The minimum atomic E-state index is -1.03. The first-order valence-corrected chi connectivity index (χ1v) is 5.46. The van der Waals surface area contributed by atoms with Crippen LogP contribution < -0.4 is 11.5 Å². The van der Waals surface area contributed by atoms with Crippen LogP contribution in [0.2, 0.25) is 5.02 Å². The van der Waals surface area contributed by atoms with Gasteiger partial charge in [-0.1, -0.05) is 24.9 Å². The number of carboxylic acids is 1. The lowest BCUT2D eigenvalue weighted by Gasteiger charge is -2.12. The van der Waals surface area contributed by atoms with Crippen molar-refractivity contribution in [3.8, 4) is 0 Å². The third-order valence-electron chi connectivity index (χ3n) is 2.45. The van der Waals surface area contributed by atoms with Gasteiger partial charge in [0.25, 0.3) is 0 Å². The minimum absolute atomic E-state index is 0.146. The molecule has 0 aliphatic carbocycles. The third kappa shape index (κ3) is 2.39.